The van der Waals surface area contributed by atoms with Gasteiger partial charge < -0.3 is 0 Å². The van der Waals surface area contributed by atoms with Crippen molar-refractivity contribution in [2.24, 2.45) is 4.99 Å². The second kappa shape index (κ2) is 11.0. The van der Waals surface area contributed by atoms with Crippen molar-refractivity contribution in [3.8, 4) is 0 Å². The Hall–Kier alpha value is -0.470. The molecule has 0 bridgehead atoms. The van der Waals surface area contributed by atoms with Crippen LogP contribution in [0.1, 0.15) is 58.3 Å². The summed E-state index contributed by atoms with van der Waals surface area (Å²) in [5.74, 6) is 0. The number of aliphatic imine (C=N–C) groups is 1. The Kier molecular flexibility index (Phi) is 10.7. The van der Waals surface area contributed by atoms with Crippen LogP contribution in [0.15, 0.2) is 4.99 Å². The van der Waals surface area contributed by atoms with E-state index in [4.69, 9.17) is 0 Å². The molecule has 0 aromatic carbocycles. The van der Waals surface area contributed by atoms with Gasteiger partial charge in [0.2, 0.25) is 6.08 Å². The van der Waals surface area contributed by atoms with Crippen LogP contribution in [-0.2, 0) is 9.59 Å². The molecule has 0 aromatic rings. The molecule has 0 aliphatic heterocycles. The molecule has 0 aromatic heterocycles. The van der Waals surface area contributed by atoms with Gasteiger partial charge in [0, 0.05) is 6.42 Å². The number of hydrogen-bond donors (Lipinski definition) is 0. The van der Waals surface area contributed by atoms with Crippen LogP contribution in [0.5, 0.6) is 0 Å². The second-order valence-electron chi connectivity index (χ2n) is 4.08. The maximum Gasteiger partial charge on any atom is 0.235 e. The average molecular weight is 290 g/mol. The largest absolute Gasteiger partial charge is 0.287 e. The Morgan fingerprint density at radius 2 is 1.75 bits per heavy atom. The van der Waals surface area contributed by atoms with Crippen LogP contribution in [0.4, 0.5) is 0 Å². The fourth-order valence-electron chi connectivity index (χ4n) is 1.57. The van der Waals surface area contributed by atoms with E-state index in [1.807, 2.05) is 6.92 Å². The van der Waals surface area contributed by atoms with Gasteiger partial charge in [-0.05, 0) is 35.7 Å². The highest BCUT2D eigenvalue weighted by Crippen LogP contribution is 2.11. The Balaban J connectivity index is 3.15. The topological polar surface area (TPSA) is 46.5 Å². The summed E-state index contributed by atoms with van der Waals surface area (Å²) >= 11 is 2.92. The van der Waals surface area contributed by atoms with Crippen molar-refractivity contribution in [1.82, 2.24) is 0 Å². The number of carbonyl (C=O) groups is 1. The third-order valence-corrected chi connectivity index (χ3v) is 2.91. The predicted molar refractivity (Wildman–Crippen MR) is 68.5 cm³/mol. The number of unbranched alkanes of at least 4 members (excludes halogenated alkanes) is 5. The van der Waals surface area contributed by atoms with Gasteiger partial charge in [0.1, 0.15) is 0 Å². The monoisotopic (exact) mass is 289 g/mol. The van der Waals surface area contributed by atoms with E-state index < -0.39 is 0 Å². The summed E-state index contributed by atoms with van der Waals surface area (Å²) in [5.41, 5.74) is 0. The number of rotatable bonds is 10. The number of hydrogen-bond acceptors (Lipinski definition) is 3. The SMILES string of the molecule is CC(CCCCCCCCC(=O)Br)N=C=O. The Morgan fingerprint density at radius 3 is 2.31 bits per heavy atom. The molecule has 0 aliphatic carbocycles. The molecular formula is C12H20BrNO2. The van der Waals surface area contributed by atoms with Gasteiger partial charge in [-0.1, -0.05) is 32.1 Å². The van der Waals surface area contributed by atoms with Gasteiger partial charge >= 0.3 is 0 Å². The first-order valence-corrected chi connectivity index (χ1v) is 6.71. The van der Waals surface area contributed by atoms with Crippen LogP contribution < -0.4 is 0 Å². The molecule has 0 N–H and O–H groups in total. The van der Waals surface area contributed by atoms with Crippen LogP contribution in [0.3, 0.4) is 0 Å². The van der Waals surface area contributed by atoms with E-state index in [0.717, 1.165) is 25.7 Å². The van der Waals surface area contributed by atoms with E-state index in [1.165, 1.54) is 19.3 Å². The van der Waals surface area contributed by atoms with Gasteiger partial charge in [0.15, 0.2) is 4.69 Å². The minimum Gasteiger partial charge on any atom is -0.287 e. The van der Waals surface area contributed by atoms with Crippen LogP contribution in [-0.4, -0.2) is 16.8 Å². The van der Waals surface area contributed by atoms with Gasteiger partial charge in [0.05, 0.1) is 6.04 Å². The highest BCUT2D eigenvalue weighted by Gasteiger charge is 1.99. The fourth-order valence-corrected chi connectivity index (χ4v) is 1.85. The smallest absolute Gasteiger partial charge is 0.235 e. The molecule has 3 nitrogen and oxygen atoms in total. The first-order valence-electron chi connectivity index (χ1n) is 5.92. The van der Waals surface area contributed by atoms with E-state index in [0.29, 0.717) is 6.42 Å². The number of halogens is 1. The summed E-state index contributed by atoms with van der Waals surface area (Å²) in [6.07, 6.45) is 9.99. The maximum atomic E-state index is 10.6. The molecule has 1 unspecified atom stereocenters. The molecule has 0 rings (SSSR count). The Labute approximate surface area is 106 Å². The third-order valence-electron chi connectivity index (χ3n) is 2.52. The molecule has 0 fully saturated rings. The minimum absolute atomic E-state index is 0.105. The van der Waals surface area contributed by atoms with Crippen molar-refractivity contribution < 1.29 is 9.59 Å². The molecule has 0 saturated carbocycles. The van der Waals surface area contributed by atoms with E-state index in [9.17, 15) is 9.59 Å². The van der Waals surface area contributed by atoms with Gasteiger partial charge in [-0.25, -0.2) is 9.79 Å². The van der Waals surface area contributed by atoms with Crippen molar-refractivity contribution in [2.45, 2.75) is 64.3 Å². The van der Waals surface area contributed by atoms with Gasteiger partial charge in [-0.15, -0.1) is 0 Å². The quantitative estimate of drug-likeness (QED) is 0.266. The summed E-state index contributed by atoms with van der Waals surface area (Å²) in [4.78, 5) is 24.2. The molecular weight excluding hydrogens is 270 g/mol. The third kappa shape index (κ3) is 11.6. The van der Waals surface area contributed by atoms with E-state index in [1.54, 1.807) is 6.08 Å². The molecule has 1 atom stereocenters. The number of isocyanates is 1. The lowest BCUT2D eigenvalue weighted by Crippen LogP contribution is -1.96. The van der Waals surface area contributed by atoms with Crippen LogP contribution in [0, 0.1) is 0 Å². The summed E-state index contributed by atoms with van der Waals surface area (Å²) in [7, 11) is 0. The van der Waals surface area contributed by atoms with Crippen LogP contribution in [0.25, 0.3) is 0 Å². The predicted octanol–water partition coefficient (Wildman–Crippen LogP) is 3.75. The van der Waals surface area contributed by atoms with Crippen molar-refractivity contribution in [3.05, 3.63) is 0 Å². The van der Waals surface area contributed by atoms with Gasteiger partial charge in [0.25, 0.3) is 0 Å². The standard InChI is InChI=1S/C12H20BrNO2/c1-11(14-10-15)8-6-4-2-3-5-7-9-12(13)16/h11H,2-9H2,1H3. The molecule has 0 saturated heterocycles. The Bertz CT molecular complexity index is 237. The summed E-state index contributed by atoms with van der Waals surface area (Å²) in [6.45, 7) is 1.94. The van der Waals surface area contributed by atoms with Crippen molar-refractivity contribution in [2.75, 3.05) is 0 Å². The summed E-state index contributed by atoms with van der Waals surface area (Å²) in [6, 6.07) is 0.114. The van der Waals surface area contributed by atoms with Crippen molar-refractivity contribution in [1.29, 1.82) is 0 Å². The Morgan fingerprint density at radius 1 is 1.19 bits per heavy atom. The zero-order valence-corrected chi connectivity index (χ0v) is 11.5. The second-order valence-corrected chi connectivity index (χ2v) is 4.97. The van der Waals surface area contributed by atoms with E-state index in [2.05, 4.69) is 20.9 Å². The van der Waals surface area contributed by atoms with Gasteiger partial charge in [-0.3, -0.25) is 4.79 Å². The van der Waals surface area contributed by atoms with Crippen LogP contribution in [0.2, 0.25) is 0 Å². The zero-order chi connectivity index (χ0) is 12.2. The molecule has 0 spiro atoms. The molecule has 0 heterocycles. The molecule has 92 valence electrons. The van der Waals surface area contributed by atoms with E-state index in [-0.39, 0.29) is 10.7 Å². The lowest BCUT2D eigenvalue weighted by atomic mass is 10.1. The normalized spacial score (nSPS) is 11.9. The molecule has 16 heavy (non-hydrogen) atoms. The molecule has 0 radical (unpaired) electrons. The highest BCUT2D eigenvalue weighted by molar-refractivity contribution is 9.18. The fraction of sp³-hybridized carbons (Fsp3) is 0.833. The first-order chi connectivity index (χ1) is 7.66. The lowest BCUT2D eigenvalue weighted by molar-refractivity contribution is -0.110. The summed E-state index contributed by atoms with van der Waals surface area (Å²) in [5, 5.41) is 0. The highest BCUT2D eigenvalue weighted by atomic mass is 79.9. The van der Waals surface area contributed by atoms with E-state index >= 15 is 0 Å². The molecule has 0 aliphatic rings. The van der Waals surface area contributed by atoms with Crippen molar-refractivity contribution >= 4 is 26.7 Å². The minimum atomic E-state index is 0.105. The number of nitrogens with zero attached hydrogens (tertiary/aromatic N) is 1. The first kappa shape index (κ1) is 15.5. The van der Waals surface area contributed by atoms with Crippen molar-refractivity contribution in [3.63, 3.8) is 0 Å². The number of carbonyl (C=O) groups excluding carboxylic acids is 2. The molecule has 0 amide bonds. The maximum absolute atomic E-state index is 10.6. The van der Waals surface area contributed by atoms with Crippen LogP contribution >= 0.6 is 15.9 Å². The lowest BCUT2D eigenvalue weighted by Gasteiger charge is -2.03. The molecule has 4 heteroatoms. The summed E-state index contributed by atoms with van der Waals surface area (Å²) < 4.78 is 0.105. The van der Waals surface area contributed by atoms with Gasteiger partial charge in [-0.2, -0.15) is 0 Å². The zero-order valence-electron chi connectivity index (χ0n) is 9.88. The average Bonchev–Trinajstić information content (AvgIpc) is 2.22.